The van der Waals surface area contributed by atoms with Gasteiger partial charge in [0.2, 0.25) is 0 Å². The van der Waals surface area contributed by atoms with Crippen molar-refractivity contribution in [1.82, 2.24) is 4.98 Å². The van der Waals surface area contributed by atoms with Gasteiger partial charge in [0.1, 0.15) is 12.4 Å². The summed E-state index contributed by atoms with van der Waals surface area (Å²) < 4.78 is 5.73. The van der Waals surface area contributed by atoms with E-state index in [0.717, 1.165) is 28.5 Å². The van der Waals surface area contributed by atoms with Gasteiger partial charge >= 0.3 is 0 Å². The van der Waals surface area contributed by atoms with E-state index in [1.54, 1.807) is 6.20 Å². The number of aromatic amines is 1. The van der Waals surface area contributed by atoms with E-state index in [0.29, 0.717) is 12.2 Å². The van der Waals surface area contributed by atoms with E-state index in [9.17, 15) is 4.79 Å². The zero-order valence-corrected chi connectivity index (χ0v) is 12.3. The zero-order valence-electron chi connectivity index (χ0n) is 12.3. The monoisotopic (exact) mass is 281 g/mol. The number of aromatic nitrogens is 1. The first-order valence-electron chi connectivity index (χ1n) is 7.10. The van der Waals surface area contributed by atoms with Crippen LogP contribution >= 0.6 is 0 Å². The number of carbonyl (C=O) groups is 1. The Morgan fingerprint density at radius 1 is 1.10 bits per heavy atom. The van der Waals surface area contributed by atoms with Gasteiger partial charge in [-0.3, -0.25) is 4.79 Å². The van der Waals surface area contributed by atoms with Gasteiger partial charge in [-0.05, 0) is 17.7 Å². The average Bonchev–Trinajstić information content (AvgIpc) is 2.98. The first kappa shape index (κ1) is 14.9. The molecule has 3 aromatic rings. The van der Waals surface area contributed by atoms with Crippen LogP contribution in [0, 0.1) is 0 Å². The largest absolute Gasteiger partial charge is 0.489 e. The van der Waals surface area contributed by atoms with Crippen LogP contribution in [0.4, 0.5) is 0 Å². The quantitative estimate of drug-likeness (QED) is 0.711. The van der Waals surface area contributed by atoms with Gasteiger partial charge in [-0.1, -0.05) is 44.2 Å². The minimum absolute atomic E-state index is 0.535. The summed E-state index contributed by atoms with van der Waals surface area (Å²) in [6, 6.07) is 15.7. The highest BCUT2D eigenvalue weighted by molar-refractivity contribution is 5.97. The van der Waals surface area contributed by atoms with Crippen molar-refractivity contribution in [3.05, 3.63) is 65.9 Å². The zero-order chi connectivity index (χ0) is 15.1. The molecule has 0 aliphatic carbocycles. The minimum atomic E-state index is 0.535. The number of fused-ring (bicyclic) bond motifs is 1. The molecule has 0 aliphatic heterocycles. The Balaban J connectivity index is 0.000000774. The molecule has 21 heavy (non-hydrogen) atoms. The topological polar surface area (TPSA) is 42.1 Å². The lowest BCUT2D eigenvalue weighted by atomic mass is 10.2. The maximum absolute atomic E-state index is 10.8. The normalized spacial score (nSPS) is 9.81. The van der Waals surface area contributed by atoms with Gasteiger partial charge in [0, 0.05) is 28.7 Å². The molecule has 0 radical (unpaired) electrons. The smallest absolute Gasteiger partial charge is 0.152 e. The van der Waals surface area contributed by atoms with Crippen molar-refractivity contribution in [2.45, 2.75) is 20.5 Å². The van der Waals surface area contributed by atoms with Crippen LogP contribution in [0.1, 0.15) is 29.8 Å². The van der Waals surface area contributed by atoms with E-state index < -0.39 is 0 Å². The first-order valence-corrected chi connectivity index (χ1v) is 7.10. The van der Waals surface area contributed by atoms with Gasteiger partial charge in [-0.15, -0.1) is 0 Å². The highest BCUT2D eigenvalue weighted by Crippen LogP contribution is 2.23. The minimum Gasteiger partial charge on any atom is -0.489 e. The Hall–Kier alpha value is -2.55. The van der Waals surface area contributed by atoms with Crippen LogP contribution in [0.25, 0.3) is 10.9 Å². The molecule has 0 saturated carbocycles. The molecular weight excluding hydrogens is 262 g/mol. The molecule has 1 aromatic heterocycles. The van der Waals surface area contributed by atoms with Crippen molar-refractivity contribution in [2.75, 3.05) is 0 Å². The van der Waals surface area contributed by atoms with Crippen molar-refractivity contribution in [3.63, 3.8) is 0 Å². The Labute approximate surface area is 124 Å². The molecule has 3 heteroatoms. The molecule has 0 unspecified atom stereocenters. The van der Waals surface area contributed by atoms with E-state index in [2.05, 4.69) is 4.98 Å². The number of carbonyl (C=O) groups excluding carboxylic acids is 1. The number of aldehydes is 1. The van der Waals surface area contributed by atoms with Crippen molar-refractivity contribution in [3.8, 4) is 5.75 Å². The number of rotatable bonds is 4. The summed E-state index contributed by atoms with van der Waals surface area (Å²) in [7, 11) is 0. The average molecular weight is 281 g/mol. The predicted molar refractivity (Wildman–Crippen MR) is 85.8 cm³/mol. The molecule has 2 aromatic carbocycles. The second-order valence-electron chi connectivity index (χ2n) is 4.34. The first-order chi connectivity index (χ1) is 10.4. The standard InChI is InChI=1S/C16H13NO2.C2H6/c18-10-13-9-17-16-8-14(6-7-15(13)16)19-11-12-4-2-1-3-5-12;1-2/h1-10,17H,11H2;1-2H3. The number of hydrogen-bond acceptors (Lipinski definition) is 2. The number of ether oxygens (including phenoxy) is 1. The van der Waals surface area contributed by atoms with Crippen molar-refractivity contribution >= 4 is 17.2 Å². The fourth-order valence-electron chi connectivity index (χ4n) is 2.06. The maximum atomic E-state index is 10.8. The summed E-state index contributed by atoms with van der Waals surface area (Å²) in [4.78, 5) is 13.9. The summed E-state index contributed by atoms with van der Waals surface area (Å²) in [5.74, 6) is 0.788. The van der Waals surface area contributed by atoms with E-state index in [-0.39, 0.29) is 0 Å². The number of nitrogens with one attached hydrogen (secondary N) is 1. The highest BCUT2D eigenvalue weighted by atomic mass is 16.5. The Bertz CT molecular complexity index is 702. The third-order valence-electron chi connectivity index (χ3n) is 3.06. The van der Waals surface area contributed by atoms with Crippen LogP contribution in [-0.4, -0.2) is 11.3 Å². The molecule has 0 spiro atoms. The van der Waals surface area contributed by atoms with E-state index in [1.165, 1.54) is 0 Å². The summed E-state index contributed by atoms with van der Waals surface area (Å²) in [6.45, 7) is 4.54. The van der Waals surface area contributed by atoms with Crippen molar-refractivity contribution in [1.29, 1.82) is 0 Å². The number of benzene rings is 2. The second kappa shape index (κ2) is 7.29. The summed E-state index contributed by atoms with van der Waals surface area (Å²) in [5, 5.41) is 0.919. The van der Waals surface area contributed by atoms with Gasteiger partial charge in [0.15, 0.2) is 6.29 Å². The van der Waals surface area contributed by atoms with E-state index in [4.69, 9.17) is 4.74 Å². The highest BCUT2D eigenvalue weighted by Gasteiger charge is 2.04. The fourth-order valence-corrected chi connectivity index (χ4v) is 2.06. The predicted octanol–water partition coefficient (Wildman–Crippen LogP) is 4.59. The fraction of sp³-hybridized carbons (Fsp3) is 0.167. The summed E-state index contributed by atoms with van der Waals surface area (Å²) in [5.41, 5.74) is 2.71. The molecule has 0 atom stereocenters. The molecule has 0 saturated heterocycles. The van der Waals surface area contributed by atoms with Crippen LogP contribution < -0.4 is 4.74 Å². The van der Waals surface area contributed by atoms with E-state index in [1.807, 2.05) is 62.4 Å². The second-order valence-corrected chi connectivity index (χ2v) is 4.34. The molecule has 3 rings (SSSR count). The summed E-state index contributed by atoms with van der Waals surface area (Å²) >= 11 is 0. The van der Waals surface area contributed by atoms with Gasteiger partial charge in [-0.2, -0.15) is 0 Å². The van der Waals surface area contributed by atoms with Crippen LogP contribution in [0.3, 0.4) is 0 Å². The molecule has 1 heterocycles. The molecule has 0 aliphatic rings. The van der Waals surface area contributed by atoms with Crippen molar-refractivity contribution in [2.24, 2.45) is 0 Å². The molecule has 108 valence electrons. The molecule has 1 N–H and O–H groups in total. The van der Waals surface area contributed by atoms with Gasteiger partial charge in [0.05, 0.1) is 0 Å². The molecule has 0 fully saturated rings. The van der Waals surface area contributed by atoms with Crippen LogP contribution in [0.15, 0.2) is 54.7 Å². The molecule has 0 bridgehead atoms. The van der Waals surface area contributed by atoms with Crippen LogP contribution in [-0.2, 0) is 6.61 Å². The Morgan fingerprint density at radius 2 is 1.86 bits per heavy atom. The van der Waals surface area contributed by atoms with Gasteiger partial charge in [0.25, 0.3) is 0 Å². The van der Waals surface area contributed by atoms with Gasteiger partial charge < -0.3 is 9.72 Å². The SMILES string of the molecule is CC.O=Cc1c[nH]c2cc(OCc3ccccc3)ccc12. The maximum Gasteiger partial charge on any atom is 0.152 e. The van der Waals surface area contributed by atoms with Gasteiger partial charge in [-0.25, -0.2) is 0 Å². The van der Waals surface area contributed by atoms with Crippen LogP contribution in [0.2, 0.25) is 0 Å². The Morgan fingerprint density at radius 3 is 2.57 bits per heavy atom. The lowest BCUT2D eigenvalue weighted by Crippen LogP contribution is -1.94. The molecular formula is C18H19NO2. The van der Waals surface area contributed by atoms with Crippen LogP contribution in [0.5, 0.6) is 5.75 Å². The third-order valence-corrected chi connectivity index (χ3v) is 3.06. The molecule has 0 amide bonds. The van der Waals surface area contributed by atoms with E-state index >= 15 is 0 Å². The lowest BCUT2D eigenvalue weighted by molar-refractivity contribution is 0.112. The lowest BCUT2D eigenvalue weighted by Gasteiger charge is -2.06. The number of hydrogen-bond donors (Lipinski definition) is 1. The summed E-state index contributed by atoms with van der Waals surface area (Å²) in [6.07, 6.45) is 2.56. The number of H-pyrrole nitrogens is 1. The third kappa shape index (κ3) is 3.51. The molecule has 3 nitrogen and oxygen atoms in total. The van der Waals surface area contributed by atoms with Crippen molar-refractivity contribution < 1.29 is 9.53 Å². The Kier molecular flexibility index (Phi) is 5.16.